The Morgan fingerprint density at radius 1 is 1.30 bits per heavy atom. The van der Waals surface area contributed by atoms with Gasteiger partial charge in [-0.05, 0) is 12.8 Å². The second kappa shape index (κ2) is 9.61. The SMILES string of the molecule is CCCN(CCC)C(=O)Cn1c(CCOC)nc2scc(C(=O)O)c2c1=O. The van der Waals surface area contributed by atoms with Crippen LogP contribution in [0.15, 0.2) is 10.2 Å². The molecule has 0 unspecified atom stereocenters. The van der Waals surface area contributed by atoms with Gasteiger partial charge in [-0.25, -0.2) is 9.78 Å². The van der Waals surface area contributed by atoms with Crippen LogP contribution < -0.4 is 5.56 Å². The molecule has 0 radical (unpaired) electrons. The number of amides is 1. The fourth-order valence-electron chi connectivity index (χ4n) is 2.91. The van der Waals surface area contributed by atoms with E-state index in [0.29, 0.717) is 36.8 Å². The Morgan fingerprint density at radius 2 is 1.96 bits per heavy atom. The lowest BCUT2D eigenvalue weighted by Gasteiger charge is -2.22. The molecule has 2 aromatic heterocycles. The van der Waals surface area contributed by atoms with Gasteiger partial charge in [0.25, 0.3) is 5.56 Å². The number of nitrogens with zero attached hydrogens (tertiary/aromatic N) is 3. The fourth-order valence-corrected chi connectivity index (χ4v) is 3.83. The first-order valence-electron chi connectivity index (χ1n) is 8.95. The molecule has 0 aromatic carbocycles. The topological polar surface area (TPSA) is 102 Å². The molecule has 0 spiro atoms. The summed E-state index contributed by atoms with van der Waals surface area (Å²) in [5, 5.41) is 10.8. The minimum atomic E-state index is -1.18. The van der Waals surface area contributed by atoms with E-state index in [9.17, 15) is 19.5 Å². The highest BCUT2D eigenvalue weighted by Crippen LogP contribution is 2.22. The molecule has 2 aromatic rings. The number of carboxylic acids is 1. The lowest BCUT2D eigenvalue weighted by Crippen LogP contribution is -2.39. The highest BCUT2D eigenvalue weighted by molar-refractivity contribution is 7.17. The second-order valence-corrected chi connectivity index (χ2v) is 7.04. The summed E-state index contributed by atoms with van der Waals surface area (Å²) < 4.78 is 6.38. The number of carboxylic acid groups (broad SMARTS) is 1. The summed E-state index contributed by atoms with van der Waals surface area (Å²) in [7, 11) is 1.55. The van der Waals surface area contributed by atoms with Gasteiger partial charge >= 0.3 is 5.97 Å². The molecule has 1 amide bonds. The van der Waals surface area contributed by atoms with Gasteiger partial charge in [0, 0.05) is 32.0 Å². The van der Waals surface area contributed by atoms with E-state index in [0.717, 1.165) is 24.2 Å². The van der Waals surface area contributed by atoms with Crippen molar-refractivity contribution in [2.75, 3.05) is 26.8 Å². The van der Waals surface area contributed by atoms with E-state index in [1.807, 2.05) is 13.8 Å². The number of ether oxygens (including phenoxy) is 1. The highest BCUT2D eigenvalue weighted by Gasteiger charge is 2.22. The van der Waals surface area contributed by atoms with Crippen LogP contribution in [-0.4, -0.2) is 58.2 Å². The quantitative estimate of drug-likeness (QED) is 0.660. The Balaban J connectivity index is 2.52. The molecule has 1 N–H and O–H groups in total. The van der Waals surface area contributed by atoms with Crippen LogP contribution in [-0.2, 0) is 22.5 Å². The minimum absolute atomic E-state index is 0.0546. The number of methoxy groups -OCH3 is 1. The van der Waals surface area contributed by atoms with Gasteiger partial charge < -0.3 is 14.7 Å². The van der Waals surface area contributed by atoms with Crippen LogP contribution in [0.2, 0.25) is 0 Å². The number of carbonyl (C=O) groups excluding carboxylic acids is 1. The van der Waals surface area contributed by atoms with E-state index in [2.05, 4.69) is 4.98 Å². The van der Waals surface area contributed by atoms with Gasteiger partial charge in [0.15, 0.2) is 0 Å². The van der Waals surface area contributed by atoms with Crippen LogP contribution in [0.25, 0.3) is 10.2 Å². The normalized spacial score (nSPS) is 11.1. The molecule has 0 aliphatic heterocycles. The van der Waals surface area contributed by atoms with Gasteiger partial charge in [0.2, 0.25) is 5.91 Å². The molecule has 0 saturated carbocycles. The van der Waals surface area contributed by atoms with Gasteiger partial charge in [-0.1, -0.05) is 13.8 Å². The molecule has 2 heterocycles. The summed E-state index contributed by atoms with van der Waals surface area (Å²) in [6.45, 7) is 5.40. The van der Waals surface area contributed by atoms with Gasteiger partial charge in [0.05, 0.1) is 17.6 Å². The van der Waals surface area contributed by atoms with Gasteiger partial charge in [-0.15, -0.1) is 11.3 Å². The Kier molecular flexibility index (Phi) is 7.49. The van der Waals surface area contributed by atoms with Gasteiger partial charge in [-0.3, -0.25) is 14.2 Å². The number of aromatic carboxylic acids is 1. The number of hydrogen-bond acceptors (Lipinski definition) is 6. The molecule has 0 saturated heterocycles. The van der Waals surface area contributed by atoms with Crippen molar-refractivity contribution >= 4 is 33.4 Å². The lowest BCUT2D eigenvalue weighted by atomic mass is 10.2. The average Bonchev–Trinajstić information content (AvgIpc) is 3.06. The van der Waals surface area contributed by atoms with Crippen molar-refractivity contribution in [1.29, 1.82) is 0 Å². The van der Waals surface area contributed by atoms with Crippen molar-refractivity contribution in [2.24, 2.45) is 0 Å². The van der Waals surface area contributed by atoms with Crippen molar-refractivity contribution < 1.29 is 19.4 Å². The maximum atomic E-state index is 13.0. The first-order valence-corrected chi connectivity index (χ1v) is 9.83. The smallest absolute Gasteiger partial charge is 0.337 e. The molecule has 148 valence electrons. The third-order valence-electron chi connectivity index (χ3n) is 4.17. The van der Waals surface area contributed by atoms with Crippen LogP contribution in [0.1, 0.15) is 42.9 Å². The molecule has 0 bridgehead atoms. The molecule has 0 fully saturated rings. The summed E-state index contributed by atoms with van der Waals surface area (Å²) >= 11 is 1.11. The zero-order valence-corrected chi connectivity index (χ0v) is 16.7. The number of fused-ring (bicyclic) bond motifs is 1. The van der Waals surface area contributed by atoms with Gasteiger partial charge in [0.1, 0.15) is 17.2 Å². The average molecular weight is 395 g/mol. The summed E-state index contributed by atoms with van der Waals surface area (Å²) in [6, 6.07) is 0. The Hall–Kier alpha value is -2.26. The zero-order valence-electron chi connectivity index (χ0n) is 15.9. The van der Waals surface area contributed by atoms with E-state index in [1.165, 1.54) is 9.95 Å². The number of hydrogen-bond donors (Lipinski definition) is 1. The van der Waals surface area contributed by atoms with E-state index in [1.54, 1.807) is 12.0 Å². The first-order chi connectivity index (χ1) is 12.9. The van der Waals surface area contributed by atoms with Crippen molar-refractivity contribution in [1.82, 2.24) is 14.5 Å². The summed E-state index contributed by atoms with van der Waals surface area (Å²) in [6.07, 6.45) is 2.00. The lowest BCUT2D eigenvalue weighted by molar-refractivity contribution is -0.132. The van der Waals surface area contributed by atoms with Gasteiger partial charge in [-0.2, -0.15) is 0 Å². The summed E-state index contributed by atoms with van der Waals surface area (Å²) in [5.74, 6) is -0.927. The maximum absolute atomic E-state index is 13.0. The van der Waals surface area contributed by atoms with Crippen molar-refractivity contribution in [2.45, 2.75) is 39.7 Å². The van der Waals surface area contributed by atoms with Crippen LogP contribution in [0.5, 0.6) is 0 Å². The predicted octanol–water partition coefficient (Wildman–Crippen LogP) is 1.99. The fraction of sp³-hybridized carbons (Fsp3) is 0.556. The number of thiophene rings is 1. The Bertz CT molecular complexity index is 868. The minimum Gasteiger partial charge on any atom is -0.478 e. The van der Waals surface area contributed by atoms with Crippen LogP contribution in [0, 0.1) is 0 Å². The van der Waals surface area contributed by atoms with Crippen LogP contribution in [0.4, 0.5) is 0 Å². The second-order valence-electron chi connectivity index (χ2n) is 6.18. The predicted molar refractivity (Wildman–Crippen MR) is 104 cm³/mol. The molecular formula is C18H25N3O5S. The molecule has 8 nitrogen and oxygen atoms in total. The monoisotopic (exact) mass is 395 g/mol. The maximum Gasteiger partial charge on any atom is 0.337 e. The molecular weight excluding hydrogens is 370 g/mol. The number of rotatable bonds is 10. The van der Waals surface area contributed by atoms with Crippen molar-refractivity contribution in [3.63, 3.8) is 0 Å². The third kappa shape index (κ3) is 4.72. The summed E-state index contributed by atoms with van der Waals surface area (Å²) in [5.41, 5.74) is -0.572. The zero-order chi connectivity index (χ0) is 20.0. The standard InChI is InChI=1S/C18H25N3O5S/c1-4-7-20(8-5-2)14(22)10-21-13(6-9-26-3)19-16-15(17(21)23)12(11-27-16)18(24)25/h11H,4-10H2,1-3H3,(H,24,25). The van der Waals surface area contributed by atoms with E-state index in [4.69, 9.17) is 4.74 Å². The molecule has 2 rings (SSSR count). The third-order valence-corrected chi connectivity index (χ3v) is 5.04. The van der Waals surface area contributed by atoms with E-state index in [-0.39, 0.29) is 23.4 Å². The molecule has 0 atom stereocenters. The van der Waals surface area contributed by atoms with Crippen LogP contribution >= 0.6 is 11.3 Å². The molecule has 0 aliphatic rings. The Labute approximate surface area is 161 Å². The Morgan fingerprint density at radius 3 is 2.52 bits per heavy atom. The highest BCUT2D eigenvalue weighted by atomic mass is 32.1. The molecule has 0 aliphatic carbocycles. The molecule has 27 heavy (non-hydrogen) atoms. The number of carbonyl (C=O) groups is 2. The summed E-state index contributed by atoms with van der Waals surface area (Å²) in [4.78, 5) is 43.8. The van der Waals surface area contributed by atoms with E-state index >= 15 is 0 Å². The largest absolute Gasteiger partial charge is 0.478 e. The first kappa shape index (κ1) is 21.0. The van der Waals surface area contributed by atoms with Crippen LogP contribution in [0.3, 0.4) is 0 Å². The van der Waals surface area contributed by atoms with Crippen molar-refractivity contribution in [3.8, 4) is 0 Å². The van der Waals surface area contributed by atoms with E-state index < -0.39 is 11.5 Å². The van der Waals surface area contributed by atoms with Crippen molar-refractivity contribution in [3.05, 3.63) is 27.1 Å². The molecule has 9 heteroatoms. The number of aromatic nitrogens is 2.